The van der Waals surface area contributed by atoms with Gasteiger partial charge in [0.2, 0.25) is 11.8 Å². The summed E-state index contributed by atoms with van der Waals surface area (Å²) in [4.78, 5) is 34.3. The second-order valence-electron chi connectivity index (χ2n) is 4.56. The molecule has 1 heterocycles. The van der Waals surface area contributed by atoms with Crippen LogP contribution in [-0.4, -0.2) is 35.5 Å². The van der Waals surface area contributed by atoms with Crippen LogP contribution >= 0.6 is 11.3 Å². The van der Waals surface area contributed by atoms with E-state index in [1.807, 2.05) is 0 Å². The number of carbonyl (C=O) groups excluding carboxylic acids is 3. The molecule has 0 radical (unpaired) electrons. The summed E-state index contributed by atoms with van der Waals surface area (Å²) in [7, 11) is 0. The largest absolute Gasteiger partial charge is 0.381 e. The molecule has 20 heavy (non-hydrogen) atoms. The van der Waals surface area contributed by atoms with E-state index in [0.29, 0.717) is 9.88 Å². The summed E-state index contributed by atoms with van der Waals surface area (Å²) in [5.74, 6) is -1.25. The van der Waals surface area contributed by atoms with Gasteiger partial charge in [0, 0.05) is 5.92 Å². The van der Waals surface area contributed by atoms with E-state index in [2.05, 4.69) is 10.6 Å². The van der Waals surface area contributed by atoms with Crippen LogP contribution in [0.25, 0.3) is 0 Å². The standard InChI is InChI=1S/C12H15N3O4S/c13-10(17)7(16)5-14-12(19)8-3-4-9(20-8)15-11(18)6-1-2-6/h3-4,6-7,16H,1-2,5H2,(H2,13,17)(H,14,19)(H,15,18). The van der Waals surface area contributed by atoms with Crippen molar-refractivity contribution in [3.8, 4) is 0 Å². The van der Waals surface area contributed by atoms with Crippen molar-refractivity contribution in [3.05, 3.63) is 17.0 Å². The van der Waals surface area contributed by atoms with Crippen LogP contribution in [0.3, 0.4) is 0 Å². The Morgan fingerprint density at radius 1 is 1.40 bits per heavy atom. The quantitative estimate of drug-likeness (QED) is 0.574. The van der Waals surface area contributed by atoms with Crippen LogP contribution in [0.1, 0.15) is 22.5 Å². The number of hydrogen-bond donors (Lipinski definition) is 4. The summed E-state index contributed by atoms with van der Waals surface area (Å²) in [5, 5.41) is 14.9. The highest BCUT2D eigenvalue weighted by molar-refractivity contribution is 7.18. The first-order valence-corrected chi connectivity index (χ1v) is 6.95. The van der Waals surface area contributed by atoms with Crippen LogP contribution in [0.5, 0.6) is 0 Å². The number of nitrogens with two attached hydrogens (primary N) is 1. The first-order chi connectivity index (χ1) is 9.47. The van der Waals surface area contributed by atoms with Crippen molar-refractivity contribution in [1.82, 2.24) is 5.32 Å². The molecule has 0 spiro atoms. The lowest BCUT2D eigenvalue weighted by atomic mass is 10.3. The minimum absolute atomic E-state index is 0.0250. The van der Waals surface area contributed by atoms with Gasteiger partial charge in [0.05, 0.1) is 16.4 Å². The molecular formula is C12H15N3O4S. The molecule has 0 aliphatic heterocycles. The van der Waals surface area contributed by atoms with Crippen LogP contribution in [-0.2, 0) is 9.59 Å². The van der Waals surface area contributed by atoms with Gasteiger partial charge >= 0.3 is 0 Å². The number of amides is 3. The Bertz CT molecular complexity index is 539. The lowest BCUT2D eigenvalue weighted by molar-refractivity contribution is -0.125. The van der Waals surface area contributed by atoms with Gasteiger partial charge < -0.3 is 21.5 Å². The van der Waals surface area contributed by atoms with Gasteiger partial charge in [-0.3, -0.25) is 14.4 Å². The van der Waals surface area contributed by atoms with Crippen molar-refractivity contribution in [2.24, 2.45) is 11.7 Å². The Morgan fingerprint density at radius 2 is 2.10 bits per heavy atom. The fourth-order valence-corrected chi connectivity index (χ4v) is 2.30. The Morgan fingerprint density at radius 3 is 2.70 bits per heavy atom. The lowest BCUT2D eigenvalue weighted by Crippen LogP contribution is -2.39. The molecule has 5 N–H and O–H groups in total. The highest BCUT2D eigenvalue weighted by Crippen LogP contribution is 2.31. The molecule has 0 aromatic carbocycles. The molecule has 0 bridgehead atoms. The van der Waals surface area contributed by atoms with Gasteiger partial charge in [-0.15, -0.1) is 11.3 Å². The number of carbonyl (C=O) groups is 3. The normalized spacial score (nSPS) is 15.4. The summed E-state index contributed by atoms with van der Waals surface area (Å²) in [6.45, 7) is -0.240. The van der Waals surface area contributed by atoms with E-state index in [4.69, 9.17) is 5.73 Å². The molecule has 1 aromatic heterocycles. The van der Waals surface area contributed by atoms with Crippen molar-refractivity contribution in [1.29, 1.82) is 0 Å². The molecule has 3 amide bonds. The van der Waals surface area contributed by atoms with E-state index in [-0.39, 0.29) is 18.4 Å². The molecule has 1 unspecified atom stereocenters. The van der Waals surface area contributed by atoms with Crippen LogP contribution in [0.15, 0.2) is 12.1 Å². The second-order valence-corrected chi connectivity index (χ2v) is 5.64. The topological polar surface area (TPSA) is 122 Å². The van der Waals surface area contributed by atoms with Crippen LogP contribution in [0.2, 0.25) is 0 Å². The van der Waals surface area contributed by atoms with Crippen molar-refractivity contribution in [2.75, 3.05) is 11.9 Å². The summed E-state index contributed by atoms with van der Waals surface area (Å²) in [6.07, 6.45) is 0.415. The molecule has 1 fully saturated rings. The molecular weight excluding hydrogens is 282 g/mol. The monoisotopic (exact) mass is 297 g/mol. The lowest BCUT2D eigenvalue weighted by Gasteiger charge is -2.07. The zero-order valence-corrected chi connectivity index (χ0v) is 11.4. The highest BCUT2D eigenvalue weighted by Gasteiger charge is 2.29. The molecule has 1 aromatic rings. The number of nitrogens with one attached hydrogen (secondary N) is 2. The summed E-state index contributed by atoms with van der Waals surface area (Å²) >= 11 is 1.13. The van der Waals surface area contributed by atoms with Gasteiger partial charge in [-0.1, -0.05) is 0 Å². The number of aliphatic hydroxyl groups is 1. The van der Waals surface area contributed by atoms with E-state index in [9.17, 15) is 19.5 Å². The molecule has 108 valence electrons. The number of aliphatic hydroxyl groups excluding tert-OH is 1. The van der Waals surface area contributed by atoms with Gasteiger partial charge in [-0.2, -0.15) is 0 Å². The third-order valence-corrected chi connectivity index (χ3v) is 3.81. The van der Waals surface area contributed by atoms with E-state index in [1.54, 1.807) is 12.1 Å². The van der Waals surface area contributed by atoms with Gasteiger partial charge in [0.1, 0.15) is 6.10 Å². The van der Waals surface area contributed by atoms with Crippen LogP contribution in [0, 0.1) is 5.92 Å². The minimum Gasteiger partial charge on any atom is -0.381 e. The van der Waals surface area contributed by atoms with Gasteiger partial charge in [-0.25, -0.2) is 0 Å². The molecule has 7 nitrogen and oxygen atoms in total. The zero-order valence-electron chi connectivity index (χ0n) is 10.6. The van der Waals surface area contributed by atoms with E-state index < -0.39 is 17.9 Å². The number of anilines is 1. The molecule has 1 aliphatic rings. The second kappa shape index (κ2) is 6.02. The van der Waals surface area contributed by atoms with E-state index in [1.165, 1.54) is 0 Å². The number of hydrogen-bond acceptors (Lipinski definition) is 5. The first kappa shape index (κ1) is 14.5. The SMILES string of the molecule is NC(=O)C(O)CNC(=O)c1ccc(NC(=O)C2CC2)s1. The third-order valence-electron chi connectivity index (χ3n) is 2.81. The maximum absolute atomic E-state index is 11.7. The average molecular weight is 297 g/mol. The van der Waals surface area contributed by atoms with Crippen molar-refractivity contribution in [2.45, 2.75) is 18.9 Å². The van der Waals surface area contributed by atoms with Crippen molar-refractivity contribution in [3.63, 3.8) is 0 Å². The Labute approximate surface area is 119 Å². The fraction of sp³-hybridized carbons (Fsp3) is 0.417. The summed E-state index contributed by atoms with van der Waals surface area (Å²) in [6, 6.07) is 3.21. The molecule has 1 aliphatic carbocycles. The Kier molecular flexibility index (Phi) is 4.35. The maximum Gasteiger partial charge on any atom is 0.261 e. The average Bonchev–Trinajstić information content (AvgIpc) is 3.16. The maximum atomic E-state index is 11.7. The molecule has 2 rings (SSSR count). The predicted molar refractivity (Wildman–Crippen MR) is 73.2 cm³/mol. The van der Waals surface area contributed by atoms with Gasteiger partial charge in [0.15, 0.2) is 0 Å². The fourth-order valence-electron chi connectivity index (χ4n) is 1.47. The zero-order chi connectivity index (χ0) is 14.7. The highest BCUT2D eigenvalue weighted by atomic mass is 32.1. The Balaban J connectivity index is 1.85. The van der Waals surface area contributed by atoms with Gasteiger partial charge in [0.25, 0.3) is 5.91 Å². The van der Waals surface area contributed by atoms with Crippen LogP contribution in [0.4, 0.5) is 5.00 Å². The Hall–Kier alpha value is -1.93. The third kappa shape index (κ3) is 3.78. The van der Waals surface area contributed by atoms with Gasteiger partial charge in [-0.05, 0) is 25.0 Å². The number of primary amides is 1. The minimum atomic E-state index is -1.41. The summed E-state index contributed by atoms with van der Waals surface area (Å²) < 4.78 is 0. The van der Waals surface area contributed by atoms with Crippen molar-refractivity contribution >= 4 is 34.1 Å². The first-order valence-electron chi connectivity index (χ1n) is 6.13. The smallest absolute Gasteiger partial charge is 0.261 e. The molecule has 8 heteroatoms. The van der Waals surface area contributed by atoms with Crippen molar-refractivity contribution < 1.29 is 19.5 Å². The van der Waals surface area contributed by atoms with Crippen LogP contribution < -0.4 is 16.4 Å². The molecule has 1 atom stereocenters. The van der Waals surface area contributed by atoms with E-state index in [0.717, 1.165) is 24.2 Å². The number of thiophene rings is 1. The predicted octanol–water partition coefficient (Wildman–Crippen LogP) is -0.327. The molecule has 0 saturated heterocycles. The van der Waals surface area contributed by atoms with E-state index >= 15 is 0 Å². The molecule has 1 saturated carbocycles. The summed E-state index contributed by atoms with van der Waals surface area (Å²) in [5.41, 5.74) is 4.87. The number of rotatable bonds is 6.